The lowest BCUT2D eigenvalue weighted by Crippen LogP contribution is -2.46. The summed E-state index contributed by atoms with van der Waals surface area (Å²) >= 11 is 0. The van der Waals surface area contributed by atoms with E-state index in [4.69, 9.17) is 4.74 Å². The monoisotopic (exact) mass is 283 g/mol. The van der Waals surface area contributed by atoms with E-state index >= 15 is 0 Å². The molecule has 0 amide bonds. The van der Waals surface area contributed by atoms with Gasteiger partial charge in [-0.25, -0.2) is 0 Å². The van der Waals surface area contributed by atoms with Gasteiger partial charge in [0.25, 0.3) is 0 Å². The van der Waals surface area contributed by atoms with Crippen LogP contribution in [0.2, 0.25) is 0 Å². The van der Waals surface area contributed by atoms with Crippen LogP contribution in [0.4, 0.5) is 5.69 Å². The molecule has 2 aromatic rings. The van der Waals surface area contributed by atoms with Gasteiger partial charge >= 0.3 is 0 Å². The van der Waals surface area contributed by atoms with Crippen molar-refractivity contribution < 1.29 is 4.74 Å². The molecule has 2 heterocycles. The summed E-state index contributed by atoms with van der Waals surface area (Å²) in [6.07, 6.45) is 2.33. The highest BCUT2D eigenvalue weighted by atomic mass is 16.5. The summed E-state index contributed by atoms with van der Waals surface area (Å²) in [7, 11) is 0. The smallest absolute Gasteiger partial charge is 0.0875 e. The third kappa shape index (κ3) is 3.80. The first-order valence-electron chi connectivity index (χ1n) is 7.43. The minimum Gasteiger partial charge on any atom is -0.382 e. The average molecular weight is 283 g/mol. The van der Waals surface area contributed by atoms with Gasteiger partial charge in [0.2, 0.25) is 0 Å². The van der Waals surface area contributed by atoms with E-state index in [0.29, 0.717) is 0 Å². The standard InChI is InChI=1S/C17H21N3O/c1-13-10-18-11-16(21-13)12-20-15-7-8-19-17(9-15)14-5-3-2-4-6-14/h2-9,13,16,18H,10-12H2,1H3,(H,19,20)/t13-,16+/m1/s1. The van der Waals surface area contributed by atoms with E-state index in [1.165, 1.54) is 0 Å². The van der Waals surface area contributed by atoms with Crippen LogP contribution in [0.3, 0.4) is 0 Å². The molecule has 0 saturated carbocycles. The Labute approximate surface area is 125 Å². The molecule has 0 unspecified atom stereocenters. The quantitative estimate of drug-likeness (QED) is 0.905. The van der Waals surface area contributed by atoms with E-state index in [0.717, 1.165) is 36.6 Å². The summed E-state index contributed by atoms with van der Waals surface area (Å²) < 4.78 is 5.88. The van der Waals surface area contributed by atoms with Crippen LogP contribution in [0.25, 0.3) is 11.3 Å². The summed E-state index contributed by atoms with van der Waals surface area (Å²) in [5, 5.41) is 6.82. The average Bonchev–Trinajstić information content (AvgIpc) is 2.54. The predicted molar refractivity (Wildman–Crippen MR) is 85.4 cm³/mol. The van der Waals surface area contributed by atoms with E-state index in [2.05, 4.69) is 40.7 Å². The molecule has 3 rings (SSSR count). The third-order valence-electron chi connectivity index (χ3n) is 3.59. The van der Waals surface area contributed by atoms with Gasteiger partial charge < -0.3 is 15.4 Å². The van der Waals surface area contributed by atoms with Crippen molar-refractivity contribution in [2.24, 2.45) is 0 Å². The minimum absolute atomic E-state index is 0.210. The van der Waals surface area contributed by atoms with Crippen LogP contribution < -0.4 is 10.6 Å². The molecule has 4 nitrogen and oxygen atoms in total. The Kier molecular flexibility index (Phi) is 4.48. The maximum atomic E-state index is 5.88. The van der Waals surface area contributed by atoms with Crippen molar-refractivity contribution in [1.82, 2.24) is 10.3 Å². The molecule has 0 radical (unpaired) electrons. The van der Waals surface area contributed by atoms with Crippen molar-refractivity contribution >= 4 is 5.69 Å². The molecule has 2 atom stereocenters. The molecule has 1 aromatic heterocycles. The molecule has 21 heavy (non-hydrogen) atoms. The first-order chi connectivity index (χ1) is 10.3. The van der Waals surface area contributed by atoms with Gasteiger partial charge in [0.05, 0.1) is 17.9 Å². The van der Waals surface area contributed by atoms with Crippen LogP contribution in [-0.2, 0) is 4.74 Å². The maximum absolute atomic E-state index is 5.88. The highest BCUT2D eigenvalue weighted by Gasteiger charge is 2.18. The van der Waals surface area contributed by atoms with Crippen molar-refractivity contribution in [3.05, 3.63) is 48.7 Å². The molecule has 0 spiro atoms. The SMILES string of the molecule is C[C@@H]1CNC[C@@H](CNc2ccnc(-c3ccccc3)c2)O1. The van der Waals surface area contributed by atoms with E-state index in [1.807, 2.05) is 30.5 Å². The highest BCUT2D eigenvalue weighted by molar-refractivity contribution is 5.63. The zero-order chi connectivity index (χ0) is 14.5. The fourth-order valence-corrected chi connectivity index (χ4v) is 2.53. The number of morpholine rings is 1. The zero-order valence-corrected chi connectivity index (χ0v) is 12.3. The van der Waals surface area contributed by atoms with Crippen molar-refractivity contribution in [1.29, 1.82) is 0 Å². The van der Waals surface area contributed by atoms with Gasteiger partial charge in [-0.2, -0.15) is 0 Å². The molecule has 2 N–H and O–H groups in total. The van der Waals surface area contributed by atoms with Crippen LogP contribution in [0.15, 0.2) is 48.7 Å². The number of anilines is 1. The van der Waals surface area contributed by atoms with Gasteiger partial charge in [0.15, 0.2) is 0 Å². The highest BCUT2D eigenvalue weighted by Crippen LogP contribution is 2.19. The second-order valence-electron chi connectivity index (χ2n) is 5.40. The molecule has 1 aromatic carbocycles. The molecular weight excluding hydrogens is 262 g/mol. The van der Waals surface area contributed by atoms with Crippen molar-refractivity contribution in [3.63, 3.8) is 0 Å². The predicted octanol–water partition coefficient (Wildman–Crippen LogP) is 2.54. The summed E-state index contributed by atoms with van der Waals surface area (Å²) in [6.45, 7) is 4.73. The fraction of sp³-hybridized carbons (Fsp3) is 0.353. The van der Waals surface area contributed by atoms with Crippen LogP contribution in [0.5, 0.6) is 0 Å². The number of pyridine rings is 1. The Bertz CT molecular complexity index is 573. The first-order valence-corrected chi connectivity index (χ1v) is 7.43. The number of nitrogens with zero attached hydrogens (tertiary/aromatic N) is 1. The van der Waals surface area contributed by atoms with Gasteiger partial charge in [0, 0.05) is 37.1 Å². The molecule has 1 aliphatic heterocycles. The molecule has 4 heteroatoms. The number of hydrogen-bond donors (Lipinski definition) is 2. The lowest BCUT2D eigenvalue weighted by Gasteiger charge is -2.29. The first kappa shape index (κ1) is 14.0. The van der Waals surface area contributed by atoms with E-state index < -0.39 is 0 Å². The van der Waals surface area contributed by atoms with Crippen LogP contribution >= 0.6 is 0 Å². The van der Waals surface area contributed by atoms with Crippen molar-refractivity contribution in [3.8, 4) is 11.3 Å². The van der Waals surface area contributed by atoms with Gasteiger partial charge in [-0.1, -0.05) is 30.3 Å². The number of ether oxygens (including phenoxy) is 1. The number of aromatic nitrogens is 1. The molecule has 0 bridgehead atoms. The van der Waals surface area contributed by atoms with Crippen LogP contribution in [-0.4, -0.2) is 36.8 Å². The lowest BCUT2D eigenvalue weighted by atomic mass is 10.1. The summed E-state index contributed by atoms with van der Waals surface area (Å²) in [6, 6.07) is 14.3. The Balaban J connectivity index is 1.64. The van der Waals surface area contributed by atoms with E-state index in [9.17, 15) is 0 Å². The normalized spacial score (nSPS) is 22.0. The Morgan fingerprint density at radius 2 is 2.10 bits per heavy atom. The summed E-state index contributed by atoms with van der Waals surface area (Å²) in [5.74, 6) is 0. The number of rotatable bonds is 4. The van der Waals surface area contributed by atoms with Crippen molar-refractivity contribution in [2.75, 3.05) is 25.0 Å². The largest absolute Gasteiger partial charge is 0.382 e. The topological polar surface area (TPSA) is 46.2 Å². The third-order valence-corrected chi connectivity index (χ3v) is 3.59. The van der Waals surface area contributed by atoms with Gasteiger partial charge in [-0.15, -0.1) is 0 Å². The molecule has 0 aliphatic carbocycles. The second-order valence-corrected chi connectivity index (χ2v) is 5.40. The van der Waals surface area contributed by atoms with Gasteiger partial charge in [-0.3, -0.25) is 4.98 Å². The van der Waals surface area contributed by atoms with Crippen molar-refractivity contribution in [2.45, 2.75) is 19.1 Å². The Morgan fingerprint density at radius 3 is 2.90 bits per heavy atom. The van der Waals surface area contributed by atoms with E-state index in [-0.39, 0.29) is 12.2 Å². The summed E-state index contributed by atoms with van der Waals surface area (Å²) in [4.78, 5) is 4.43. The van der Waals surface area contributed by atoms with E-state index in [1.54, 1.807) is 0 Å². The van der Waals surface area contributed by atoms with Gasteiger partial charge in [-0.05, 0) is 19.1 Å². The second kappa shape index (κ2) is 6.70. The van der Waals surface area contributed by atoms with Crippen LogP contribution in [0, 0.1) is 0 Å². The van der Waals surface area contributed by atoms with Gasteiger partial charge in [0.1, 0.15) is 0 Å². The molecule has 110 valence electrons. The zero-order valence-electron chi connectivity index (χ0n) is 12.3. The molecular formula is C17H21N3O. The minimum atomic E-state index is 0.210. The Hall–Kier alpha value is -1.91. The molecule has 1 aliphatic rings. The lowest BCUT2D eigenvalue weighted by molar-refractivity contribution is -0.0196. The number of hydrogen-bond acceptors (Lipinski definition) is 4. The van der Waals surface area contributed by atoms with Crippen LogP contribution in [0.1, 0.15) is 6.92 Å². The number of nitrogens with one attached hydrogen (secondary N) is 2. The Morgan fingerprint density at radius 1 is 1.24 bits per heavy atom. The fourth-order valence-electron chi connectivity index (χ4n) is 2.53. The molecule has 1 fully saturated rings. The number of benzene rings is 1. The summed E-state index contributed by atoms with van der Waals surface area (Å²) in [5.41, 5.74) is 3.19. The maximum Gasteiger partial charge on any atom is 0.0875 e. The molecule has 1 saturated heterocycles.